The fraction of sp³-hybridized carbons (Fsp3) is 0.836. The molecular formula is C73H169BiS2Si18. The molecule has 2 aromatic rings. The van der Waals surface area contributed by atoms with Gasteiger partial charge < -0.3 is 0 Å². The van der Waals surface area contributed by atoms with Crippen LogP contribution in [-0.2, 0) is 25.7 Å². The van der Waals surface area contributed by atoms with E-state index in [0.29, 0.717) is 2.29 Å². The van der Waals surface area contributed by atoms with Gasteiger partial charge in [0.25, 0.3) is 0 Å². The normalized spacial score (nSPS) is 16.4. The minimum absolute atomic E-state index is 0.209. The van der Waals surface area contributed by atoms with Crippen LogP contribution in [0, 0.1) is 0 Å². The molecule has 2 aromatic carbocycles. The Morgan fingerprint density at radius 1 is 0.191 bits per heavy atom. The average Bonchev–Trinajstić information content (AvgIpc) is 0.678. The summed E-state index contributed by atoms with van der Waals surface area (Å²) in [5.74, 6) is 0. The first kappa shape index (κ1) is 94.0. The molecule has 0 aliphatic heterocycles. The average molecular weight is 1830 g/mol. The van der Waals surface area contributed by atoms with Crippen molar-refractivity contribution in [1.82, 2.24) is 0 Å². The van der Waals surface area contributed by atoms with E-state index in [2.05, 4.69) is 401 Å². The van der Waals surface area contributed by atoms with Gasteiger partial charge in [-0.2, -0.15) is 0 Å². The SMILES string of the molecule is C[Si](C)(C)C(c1cc(C([Si](C)(C)C)([Si](C)(C)C)[Si](C)(C)C)c(S[CH]([BiH2])Sc2c(C([Si](C)(C)C)([Si](C)(C)C)[Si](C)(C)C)cc(C([Si](C)(C)C)([Si](C)(C)C)[Si](C)(C)C)cc2C([Si](C)(C)C)([Si](C)(C)C)[Si](C)(C)C)c(C([Si](C)(C)C)([Si](C)(C)C)[Si](C)(C)C)c1)([Si](C)(C)C)[Si](C)(C)C. The molecule has 0 aromatic heterocycles. The molecule has 0 nitrogen and oxygen atoms in total. The van der Waals surface area contributed by atoms with Crippen molar-refractivity contribution in [3.05, 3.63) is 57.6 Å². The molecule has 0 unspecified atom stereocenters. The van der Waals surface area contributed by atoms with Crippen LogP contribution in [0.5, 0.6) is 0 Å². The third kappa shape index (κ3) is 14.8. The van der Waals surface area contributed by atoms with Gasteiger partial charge in [0.1, 0.15) is 0 Å². The molecule has 0 aliphatic rings. The Bertz CT molecular complexity index is 2440. The number of hydrogen-bond acceptors (Lipinski definition) is 2. The molecule has 94 heavy (non-hydrogen) atoms. The van der Waals surface area contributed by atoms with Gasteiger partial charge in [-0.1, -0.05) is 0 Å². The zero-order valence-electron chi connectivity index (χ0n) is 74.3. The summed E-state index contributed by atoms with van der Waals surface area (Å²) in [6, 6.07) is 12.9. The molecule has 0 fully saturated rings. The molecule has 0 N–H and O–H groups in total. The van der Waals surface area contributed by atoms with Gasteiger partial charge in [-0.3, -0.25) is 0 Å². The molecule has 0 spiro atoms. The standard InChI is InChI=1S/C73H167S2Si18.Bi.2H/c1-76(2,3)68(77(4,5)6,78(7,8)9)60-55-62(70(82(19,20)21,83(22,23)24)84(25,26)27)66(63(56-60)71(85(28,29)30,86(31,32)33)87(34,35)36)74-59-75-67-64(72(88(37,38)39,89(40,41)42)90(43,44)45)57-61(69(79(10,11)12,80(13,14)15)81(16,17)18)58-65(67)73(91(46,47)48,92(49,50)51)93(52,53)54;;;/h55-59H,1-54H3;;;. The number of thioether (sulfide) groups is 2. The van der Waals surface area contributed by atoms with Gasteiger partial charge in [0, 0.05) is 0 Å². The molecule has 0 radical (unpaired) electrons. The quantitative estimate of drug-likeness (QED) is 0.0473. The summed E-state index contributed by atoms with van der Waals surface area (Å²) in [4.78, 5) is 3.76. The molecule has 0 heterocycles. The van der Waals surface area contributed by atoms with Crippen molar-refractivity contribution in [2.24, 2.45) is 0 Å². The molecule has 0 saturated heterocycles. The van der Waals surface area contributed by atoms with E-state index in [9.17, 15) is 0 Å². The van der Waals surface area contributed by atoms with Crippen LogP contribution in [0.15, 0.2) is 34.1 Å². The van der Waals surface area contributed by atoms with Crippen LogP contribution >= 0.6 is 23.5 Å². The van der Waals surface area contributed by atoms with Gasteiger partial charge in [-0.25, -0.2) is 0 Å². The van der Waals surface area contributed by atoms with Crippen LogP contribution in [0.1, 0.15) is 33.4 Å². The molecule has 0 bridgehead atoms. The predicted molar refractivity (Wildman–Crippen MR) is 507 cm³/mol. The van der Waals surface area contributed by atoms with E-state index < -0.39 is 145 Å². The fourth-order valence-corrected chi connectivity index (χ4v) is 218. The number of rotatable bonds is 28. The van der Waals surface area contributed by atoms with E-state index >= 15 is 0 Å². The van der Waals surface area contributed by atoms with Gasteiger partial charge in [0.15, 0.2) is 0 Å². The van der Waals surface area contributed by atoms with Crippen molar-refractivity contribution in [1.29, 1.82) is 0 Å². The summed E-state index contributed by atoms with van der Waals surface area (Å²) in [5.41, 5.74) is 11.6. The molecule has 0 amide bonds. The fourth-order valence-electron chi connectivity index (χ4n) is 31.0. The Labute approximate surface area is 635 Å². The Morgan fingerprint density at radius 3 is 0.372 bits per heavy atom. The van der Waals surface area contributed by atoms with Gasteiger partial charge >= 0.3 is 643 Å². The van der Waals surface area contributed by atoms with Crippen LogP contribution in [-0.4, -0.2) is 172 Å². The third-order valence-electron chi connectivity index (χ3n) is 25.4. The van der Waals surface area contributed by atoms with Crippen molar-refractivity contribution in [3.63, 3.8) is 0 Å². The summed E-state index contributed by atoms with van der Waals surface area (Å²) in [7, 11) is -36.9. The maximum atomic E-state index is 3.23. The van der Waals surface area contributed by atoms with E-state index in [0.717, 1.165) is 24.7 Å². The van der Waals surface area contributed by atoms with Crippen molar-refractivity contribution < 1.29 is 0 Å². The molecular weight excluding hydrogens is 1660 g/mol. The molecule has 0 atom stereocenters. The van der Waals surface area contributed by atoms with Gasteiger partial charge in [0.05, 0.1) is 0 Å². The second-order valence-electron chi connectivity index (χ2n) is 49.4. The van der Waals surface area contributed by atoms with Crippen LogP contribution in [0.2, 0.25) is 354 Å². The summed E-state index contributed by atoms with van der Waals surface area (Å²) in [6.07, 6.45) is 0. The van der Waals surface area contributed by atoms with Crippen LogP contribution in [0.4, 0.5) is 0 Å². The molecule has 21 heteroatoms. The van der Waals surface area contributed by atoms with Crippen molar-refractivity contribution >= 4 is 194 Å². The van der Waals surface area contributed by atoms with Crippen molar-refractivity contribution in [2.75, 3.05) is 0 Å². The van der Waals surface area contributed by atoms with Crippen LogP contribution < -0.4 is 0 Å². The summed E-state index contributed by atoms with van der Waals surface area (Å²) < 4.78 is 1.81. The maximum absolute atomic E-state index is 3.23. The Hall–Kier alpha value is 3.93. The minimum atomic E-state index is -2.09. The summed E-state index contributed by atoms with van der Waals surface area (Å²) >= 11 is 5.93. The predicted octanol–water partition coefficient (Wildman–Crippen LogP) is 26.7. The summed E-state index contributed by atoms with van der Waals surface area (Å²) in [5, 5.41) is 0. The Morgan fingerprint density at radius 2 is 0.287 bits per heavy atom. The van der Waals surface area contributed by atoms with E-state index in [1.807, 2.05) is 43.2 Å². The van der Waals surface area contributed by atoms with Crippen LogP contribution in [0.3, 0.4) is 0 Å². The second kappa shape index (κ2) is 27.2. The van der Waals surface area contributed by atoms with Gasteiger partial charge in [-0.15, -0.1) is 0 Å². The Balaban J connectivity index is 4.57. The van der Waals surface area contributed by atoms with Crippen molar-refractivity contribution in [2.45, 2.75) is 391 Å². The van der Waals surface area contributed by atoms with Gasteiger partial charge in [0.2, 0.25) is 0 Å². The monoisotopic (exact) mass is 1820 g/mol. The first-order valence-electron chi connectivity index (χ1n) is 37.5. The zero-order chi connectivity index (χ0) is 76.4. The van der Waals surface area contributed by atoms with E-state index in [-0.39, 0.29) is 25.7 Å². The Kier molecular flexibility index (Phi) is 27.2. The number of hydrogen-bond donors (Lipinski definition) is 0. The first-order chi connectivity index (χ1) is 40.0. The van der Waals surface area contributed by atoms with Crippen LogP contribution in [0.25, 0.3) is 0 Å². The third-order valence-corrected chi connectivity index (χ3v) is 157. The van der Waals surface area contributed by atoms with E-state index in [4.69, 9.17) is 0 Å². The van der Waals surface area contributed by atoms with E-state index in [1.54, 1.807) is 0 Å². The molecule has 0 saturated carbocycles. The molecule has 2 rings (SSSR count). The summed E-state index contributed by atoms with van der Waals surface area (Å²) in [6.45, 7) is 157. The second-order valence-corrected chi connectivity index (χ2v) is 162. The molecule has 0 aliphatic carbocycles. The molecule has 550 valence electrons. The zero-order valence-corrected chi connectivity index (χ0v) is 98.4. The topological polar surface area (TPSA) is 0 Å². The van der Waals surface area contributed by atoms with E-state index in [1.165, 1.54) is 0 Å². The van der Waals surface area contributed by atoms with Gasteiger partial charge in [-0.05, 0) is 0 Å². The number of benzene rings is 2. The first-order valence-corrected chi connectivity index (χ1v) is 105. The van der Waals surface area contributed by atoms with Crippen molar-refractivity contribution in [3.8, 4) is 0 Å².